The maximum absolute atomic E-state index is 11.8. The molecular formula is C18H27N5O. The van der Waals surface area contributed by atoms with Gasteiger partial charge >= 0.3 is 0 Å². The molecule has 0 unspecified atom stereocenters. The van der Waals surface area contributed by atoms with Gasteiger partial charge in [0.2, 0.25) is 5.95 Å². The highest BCUT2D eigenvalue weighted by atomic mass is 16.1. The molecule has 2 heterocycles. The zero-order valence-corrected chi connectivity index (χ0v) is 14.6. The van der Waals surface area contributed by atoms with Crippen LogP contribution in [0.15, 0.2) is 16.9 Å². The molecule has 0 radical (unpaired) electrons. The van der Waals surface area contributed by atoms with Gasteiger partial charge in [0.05, 0.1) is 5.69 Å². The number of nitrogens with zero attached hydrogens (tertiary/aromatic N) is 3. The Bertz CT molecular complexity index is 727. The van der Waals surface area contributed by atoms with Crippen LogP contribution >= 0.6 is 0 Å². The predicted molar refractivity (Wildman–Crippen MR) is 95.8 cm³/mol. The first-order valence-corrected chi connectivity index (χ1v) is 9.07. The average molecular weight is 329 g/mol. The molecule has 0 spiro atoms. The van der Waals surface area contributed by atoms with Crippen molar-refractivity contribution in [1.82, 2.24) is 19.7 Å². The fraction of sp³-hybridized carbons (Fsp3) is 0.611. The average Bonchev–Trinajstić information content (AvgIpc) is 2.96. The third-order valence-corrected chi connectivity index (χ3v) is 4.76. The molecule has 130 valence electrons. The normalized spacial score (nSPS) is 15.6. The van der Waals surface area contributed by atoms with Gasteiger partial charge in [-0.15, -0.1) is 0 Å². The summed E-state index contributed by atoms with van der Waals surface area (Å²) in [6.07, 6.45) is 8.75. The van der Waals surface area contributed by atoms with Crippen LogP contribution in [-0.4, -0.2) is 26.3 Å². The molecule has 1 fully saturated rings. The van der Waals surface area contributed by atoms with Gasteiger partial charge < -0.3 is 5.32 Å². The van der Waals surface area contributed by atoms with Crippen molar-refractivity contribution in [2.75, 3.05) is 11.9 Å². The van der Waals surface area contributed by atoms with Gasteiger partial charge in [-0.3, -0.25) is 9.78 Å². The number of nitrogens with one attached hydrogen (secondary N) is 2. The van der Waals surface area contributed by atoms with Gasteiger partial charge in [-0.05, 0) is 25.7 Å². The summed E-state index contributed by atoms with van der Waals surface area (Å²) in [6, 6.07) is 3.54. The fourth-order valence-electron chi connectivity index (χ4n) is 3.44. The van der Waals surface area contributed by atoms with Crippen LogP contribution in [0.5, 0.6) is 0 Å². The van der Waals surface area contributed by atoms with Crippen molar-refractivity contribution in [3.05, 3.63) is 33.9 Å². The Labute approximate surface area is 142 Å². The first-order valence-electron chi connectivity index (χ1n) is 9.07. The van der Waals surface area contributed by atoms with Crippen LogP contribution in [0.3, 0.4) is 0 Å². The minimum absolute atomic E-state index is 0.141. The maximum atomic E-state index is 11.8. The van der Waals surface area contributed by atoms with Crippen LogP contribution in [0, 0.1) is 12.8 Å². The van der Waals surface area contributed by atoms with Crippen LogP contribution in [0.4, 0.5) is 5.82 Å². The summed E-state index contributed by atoms with van der Waals surface area (Å²) in [5, 5.41) is 7.96. The molecule has 0 bridgehead atoms. The Morgan fingerprint density at radius 1 is 1.29 bits per heavy atom. The quantitative estimate of drug-likeness (QED) is 0.853. The largest absolute Gasteiger partial charge is 0.370 e. The van der Waals surface area contributed by atoms with Crippen LogP contribution in [-0.2, 0) is 6.42 Å². The zero-order chi connectivity index (χ0) is 16.9. The van der Waals surface area contributed by atoms with E-state index in [1.807, 2.05) is 19.9 Å². The second-order valence-electron chi connectivity index (χ2n) is 6.72. The van der Waals surface area contributed by atoms with E-state index in [0.29, 0.717) is 5.95 Å². The van der Waals surface area contributed by atoms with E-state index < -0.39 is 0 Å². The lowest BCUT2D eigenvalue weighted by Crippen LogP contribution is -2.18. The smallest absolute Gasteiger partial charge is 0.252 e. The lowest BCUT2D eigenvalue weighted by Gasteiger charge is -2.21. The van der Waals surface area contributed by atoms with Gasteiger partial charge in [-0.2, -0.15) is 9.78 Å². The number of H-pyrrole nitrogens is 1. The fourth-order valence-corrected chi connectivity index (χ4v) is 3.44. The highest BCUT2D eigenvalue weighted by Crippen LogP contribution is 2.26. The topological polar surface area (TPSA) is 75.6 Å². The molecule has 1 saturated carbocycles. The first kappa shape index (κ1) is 16.7. The molecule has 1 aliphatic carbocycles. The molecular weight excluding hydrogens is 302 g/mol. The molecule has 2 N–H and O–H groups in total. The van der Waals surface area contributed by atoms with E-state index in [-0.39, 0.29) is 5.56 Å². The van der Waals surface area contributed by atoms with Crippen molar-refractivity contribution < 1.29 is 0 Å². The summed E-state index contributed by atoms with van der Waals surface area (Å²) in [6.45, 7) is 4.86. The van der Waals surface area contributed by atoms with E-state index in [1.165, 1.54) is 44.6 Å². The highest BCUT2D eigenvalue weighted by Gasteiger charge is 2.14. The van der Waals surface area contributed by atoms with E-state index in [2.05, 4.69) is 20.4 Å². The monoisotopic (exact) mass is 329 g/mol. The van der Waals surface area contributed by atoms with Crippen LogP contribution in [0.2, 0.25) is 0 Å². The minimum atomic E-state index is -0.141. The molecule has 0 amide bonds. The van der Waals surface area contributed by atoms with Gasteiger partial charge in [0.15, 0.2) is 0 Å². The minimum Gasteiger partial charge on any atom is -0.370 e. The first-order chi connectivity index (χ1) is 11.7. The number of aromatic amines is 1. The van der Waals surface area contributed by atoms with Crippen molar-refractivity contribution >= 4 is 5.82 Å². The van der Waals surface area contributed by atoms with Crippen molar-refractivity contribution in [2.45, 2.75) is 58.8 Å². The third kappa shape index (κ3) is 4.04. The van der Waals surface area contributed by atoms with Crippen LogP contribution < -0.4 is 10.9 Å². The molecule has 0 aromatic carbocycles. The number of aromatic nitrogens is 4. The number of hydrogen-bond donors (Lipinski definition) is 2. The summed E-state index contributed by atoms with van der Waals surface area (Å²) < 4.78 is 1.71. The van der Waals surface area contributed by atoms with Crippen molar-refractivity contribution in [1.29, 1.82) is 0 Å². The number of aryl methyl sites for hydroxylation is 2. The van der Waals surface area contributed by atoms with Crippen LogP contribution in [0.25, 0.3) is 5.95 Å². The molecule has 2 aromatic rings. The third-order valence-electron chi connectivity index (χ3n) is 4.76. The van der Waals surface area contributed by atoms with Crippen LogP contribution in [0.1, 0.15) is 56.8 Å². The SMILES string of the molecule is CCc1cc(=O)[nH]c(-n2nc(C)cc2NCCC2CCCCC2)n1. The molecule has 6 heteroatoms. The van der Waals surface area contributed by atoms with E-state index in [9.17, 15) is 4.79 Å². The summed E-state index contributed by atoms with van der Waals surface area (Å²) in [4.78, 5) is 19.1. The molecule has 0 atom stereocenters. The number of hydrogen-bond acceptors (Lipinski definition) is 4. The van der Waals surface area contributed by atoms with E-state index >= 15 is 0 Å². The second kappa shape index (κ2) is 7.64. The van der Waals surface area contributed by atoms with E-state index in [0.717, 1.165) is 36.1 Å². The van der Waals surface area contributed by atoms with Crippen molar-refractivity contribution in [3.8, 4) is 5.95 Å². The Morgan fingerprint density at radius 3 is 2.83 bits per heavy atom. The van der Waals surface area contributed by atoms with E-state index in [4.69, 9.17) is 0 Å². The highest BCUT2D eigenvalue weighted by molar-refractivity contribution is 5.41. The Morgan fingerprint density at radius 2 is 2.08 bits per heavy atom. The summed E-state index contributed by atoms with van der Waals surface area (Å²) in [5.74, 6) is 2.21. The molecule has 6 nitrogen and oxygen atoms in total. The maximum Gasteiger partial charge on any atom is 0.252 e. The lowest BCUT2D eigenvalue weighted by molar-refractivity contribution is 0.345. The lowest BCUT2D eigenvalue weighted by atomic mass is 9.87. The van der Waals surface area contributed by atoms with Gasteiger partial charge in [-0.25, -0.2) is 4.98 Å². The van der Waals surface area contributed by atoms with Crippen molar-refractivity contribution in [2.24, 2.45) is 5.92 Å². The second-order valence-corrected chi connectivity index (χ2v) is 6.72. The Balaban J connectivity index is 1.73. The predicted octanol–water partition coefficient (Wildman–Crippen LogP) is 3.21. The van der Waals surface area contributed by atoms with Gasteiger partial charge in [0, 0.05) is 24.4 Å². The van der Waals surface area contributed by atoms with Gasteiger partial charge in [0.1, 0.15) is 5.82 Å². The van der Waals surface area contributed by atoms with E-state index in [1.54, 1.807) is 4.68 Å². The summed E-state index contributed by atoms with van der Waals surface area (Å²) in [5.41, 5.74) is 1.54. The van der Waals surface area contributed by atoms with Gasteiger partial charge in [0.25, 0.3) is 5.56 Å². The molecule has 24 heavy (non-hydrogen) atoms. The molecule has 1 aliphatic rings. The molecule has 2 aromatic heterocycles. The zero-order valence-electron chi connectivity index (χ0n) is 14.6. The summed E-state index contributed by atoms with van der Waals surface area (Å²) >= 11 is 0. The molecule has 0 saturated heterocycles. The van der Waals surface area contributed by atoms with Crippen molar-refractivity contribution in [3.63, 3.8) is 0 Å². The Hall–Kier alpha value is -2.11. The molecule has 3 rings (SSSR count). The molecule has 0 aliphatic heterocycles. The summed E-state index contributed by atoms with van der Waals surface area (Å²) in [7, 11) is 0. The number of rotatable bonds is 6. The van der Waals surface area contributed by atoms with Gasteiger partial charge in [-0.1, -0.05) is 39.0 Å². The number of anilines is 1. The standard InChI is InChI=1S/C18H27N5O/c1-3-15-12-17(24)21-18(20-15)23-16(11-13(2)22-23)19-10-9-14-7-5-4-6-8-14/h11-12,14,19H,3-10H2,1-2H3,(H,20,21,24). The Kier molecular flexibility index (Phi) is 5.33.